The first kappa shape index (κ1) is 91.6. The van der Waals surface area contributed by atoms with E-state index in [-0.39, 0.29) is 92.4 Å². The first-order chi connectivity index (χ1) is 52.1. The Hall–Kier alpha value is -8.27. The average Bonchev–Trinajstić information content (AvgIpc) is 0.787. The summed E-state index contributed by atoms with van der Waals surface area (Å²) >= 11 is 24.9. The number of fused-ring (bicyclic) bond motifs is 1. The van der Waals surface area contributed by atoms with Crippen molar-refractivity contribution >= 4 is 147 Å². The zero-order chi connectivity index (χ0) is 83.3. The number of esters is 1. The first-order valence-electron chi connectivity index (χ1n) is 34.6. The summed E-state index contributed by atoms with van der Waals surface area (Å²) in [4.78, 5) is 23.9. The highest BCUT2D eigenvalue weighted by molar-refractivity contribution is 9.11. The molecule has 9 rings (SSSR count). The van der Waals surface area contributed by atoms with E-state index in [2.05, 4.69) is 67.7 Å². The summed E-state index contributed by atoms with van der Waals surface area (Å²) in [6.45, 7) is 19.6. The minimum atomic E-state index is -4.23. The van der Waals surface area contributed by atoms with E-state index in [1.807, 2.05) is 58.9 Å². The van der Waals surface area contributed by atoms with Gasteiger partial charge in [0.05, 0.1) is 105 Å². The molecule has 8 aromatic carbocycles. The van der Waals surface area contributed by atoms with Crippen LogP contribution in [-0.2, 0) is 101 Å². The molecule has 0 radical (unpaired) electrons. The van der Waals surface area contributed by atoms with Crippen molar-refractivity contribution in [3.63, 3.8) is 0 Å². The van der Waals surface area contributed by atoms with Crippen molar-refractivity contribution in [3.8, 4) is 51.7 Å². The predicted octanol–water partition coefficient (Wildman–Crippen LogP) is 17.5. The second-order valence-electron chi connectivity index (χ2n) is 25.1. The largest absolute Gasteiger partial charge is 0.506 e. The van der Waals surface area contributed by atoms with Crippen molar-refractivity contribution in [3.05, 3.63) is 169 Å². The number of hydrogen-bond donors (Lipinski definition) is 9. The molecule has 1 aliphatic rings. The summed E-state index contributed by atoms with van der Waals surface area (Å²) in [6, 6.07) is 19.4. The zero-order valence-corrected chi connectivity index (χ0v) is 73.0. The molecule has 0 saturated heterocycles. The van der Waals surface area contributed by atoms with Crippen LogP contribution in [-0.4, -0.2) is 109 Å². The average molecular weight is 1800 g/mol. The summed E-state index contributed by atoms with van der Waals surface area (Å²) in [6.07, 6.45) is 7.47. The molecular weight excluding hydrogens is 1710 g/mol. The van der Waals surface area contributed by atoms with Crippen LogP contribution in [0.15, 0.2) is 101 Å². The molecule has 9 N–H and O–H groups in total. The maximum atomic E-state index is 13.4. The molecule has 0 aliphatic heterocycles. The van der Waals surface area contributed by atoms with Gasteiger partial charge in [-0.1, -0.05) is 101 Å². The number of phenols is 4. The van der Waals surface area contributed by atoms with Crippen molar-refractivity contribution in [2.24, 2.45) is 0 Å². The number of anilines is 5. The Morgan fingerprint density at radius 1 is 0.450 bits per heavy atom. The minimum absolute atomic E-state index is 0.00156. The summed E-state index contributed by atoms with van der Waals surface area (Å²) in [5, 5.41) is 42.3. The number of sulfonamides is 4. The monoisotopic (exact) mass is 1800 g/mol. The van der Waals surface area contributed by atoms with Gasteiger partial charge in [-0.05, 0) is 227 Å². The number of nitrogens with one attached hydrogen (secondary N) is 5. The number of benzene rings is 8. The number of aromatic hydroxyl groups is 4. The molecule has 0 bridgehead atoms. The fourth-order valence-electron chi connectivity index (χ4n) is 12.1. The zero-order valence-electron chi connectivity index (χ0n) is 64.3. The number of carbonyl (C=O) groups is 2. The van der Waals surface area contributed by atoms with E-state index in [0.717, 1.165) is 84.4 Å². The molecule has 111 heavy (non-hydrogen) atoms. The molecule has 0 saturated carbocycles. The van der Waals surface area contributed by atoms with Crippen LogP contribution in [0.5, 0.6) is 51.7 Å². The van der Waals surface area contributed by atoms with Crippen molar-refractivity contribution in [1.29, 1.82) is 0 Å². The highest BCUT2D eigenvalue weighted by Crippen LogP contribution is 2.47. The Kier molecular flexibility index (Phi) is 32.2. The van der Waals surface area contributed by atoms with Gasteiger partial charge in [0.2, 0.25) is 5.91 Å². The Morgan fingerprint density at radius 3 is 1.32 bits per heavy atom. The lowest BCUT2D eigenvalue weighted by molar-refractivity contribution is -0.114. The molecule has 25 nitrogen and oxygen atoms in total. The first-order valence-corrected chi connectivity index (χ1v) is 43.3. The van der Waals surface area contributed by atoms with Gasteiger partial charge in [-0.15, -0.1) is 0 Å². The number of amides is 1. The van der Waals surface area contributed by atoms with Crippen molar-refractivity contribution < 1.29 is 92.1 Å². The van der Waals surface area contributed by atoms with Gasteiger partial charge in [0, 0.05) is 19.1 Å². The molecule has 0 fully saturated rings. The molecule has 1 amide bonds. The van der Waals surface area contributed by atoms with Crippen LogP contribution in [0.2, 0.25) is 15.1 Å². The smallest absolute Gasteiger partial charge is 0.341 e. The second kappa shape index (κ2) is 39.0. The molecule has 0 aromatic heterocycles. The topological polar surface area (TPSA) is 367 Å². The van der Waals surface area contributed by atoms with E-state index >= 15 is 0 Å². The maximum absolute atomic E-state index is 13.4. The quantitative estimate of drug-likeness (QED) is 0.0146. The Labute approximate surface area is 681 Å². The van der Waals surface area contributed by atoms with Gasteiger partial charge in [0.25, 0.3) is 40.1 Å². The Bertz CT molecular complexity index is 5270. The Morgan fingerprint density at radius 2 is 0.883 bits per heavy atom. The number of rotatable bonds is 25. The van der Waals surface area contributed by atoms with Gasteiger partial charge in [-0.25, -0.2) is 38.5 Å². The van der Waals surface area contributed by atoms with Crippen LogP contribution >= 0.6 is 66.7 Å². The predicted molar refractivity (Wildman–Crippen MR) is 442 cm³/mol. The van der Waals surface area contributed by atoms with E-state index in [1.165, 1.54) is 60.5 Å². The van der Waals surface area contributed by atoms with Crippen LogP contribution in [0, 0.1) is 27.7 Å². The lowest BCUT2D eigenvalue weighted by Gasteiger charge is -2.22. The maximum Gasteiger partial charge on any atom is 0.341 e. The molecule has 0 spiro atoms. The van der Waals surface area contributed by atoms with E-state index < -0.39 is 57.7 Å². The van der Waals surface area contributed by atoms with E-state index in [1.54, 1.807) is 52.1 Å². The lowest BCUT2D eigenvalue weighted by Crippen LogP contribution is -2.18. The number of ether oxygens (including phenoxy) is 6. The third-order valence-electron chi connectivity index (χ3n) is 18.1. The molecule has 8 aromatic rings. The van der Waals surface area contributed by atoms with Gasteiger partial charge >= 0.3 is 5.97 Å². The van der Waals surface area contributed by atoms with E-state index in [0.29, 0.717) is 90.9 Å². The van der Waals surface area contributed by atoms with Gasteiger partial charge in [0.15, 0.2) is 22.1 Å². The van der Waals surface area contributed by atoms with Crippen LogP contribution in [0.1, 0.15) is 138 Å². The molecule has 0 unspecified atom stereocenters. The number of halogens is 5. The summed E-state index contributed by atoms with van der Waals surface area (Å²) in [7, 11) is -7.78. The summed E-state index contributed by atoms with van der Waals surface area (Å²) in [5.74, 6) is -1.28. The fraction of sp³-hybridized carbons (Fsp3) is 0.351. The van der Waals surface area contributed by atoms with Gasteiger partial charge in [-0.3, -0.25) is 23.7 Å². The highest BCUT2D eigenvalue weighted by atomic mass is 79.9. The lowest BCUT2D eigenvalue weighted by atomic mass is 9.91. The van der Waals surface area contributed by atoms with Crippen molar-refractivity contribution in [1.82, 2.24) is 0 Å². The fourth-order valence-corrected chi connectivity index (χ4v) is 20.2. The Balaban J connectivity index is 0.000000231. The van der Waals surface area contributed by atoms with E-state index in [9.17, 15) is 63.7 Å². The molecule has 34 heteroatoms. The van der Waals surface area contributed by atoms with Gasteiger partial charge in [0.1, 0.15) is 45.1 Å². The summed E-state index contributed by atoms with van der Waals surface area (Å²) in [5.41, 5.74) is 9.33. The number of methoxy groups -OCH3 is 6. The molecule has 1 aliphatic carbocycles. The molecule has 0 atom stereocenters. The molecular formula is C77H92Br2Cl3N5O20S4. The van der Waals surface area contributed by atoms with Gasteiger partial charge in [-0.2, -0.15) is 0 Å². The third-order valence-corrected chi connectivity index (χ3v) is 26.9. The van der Waals surface area contributed by atoms with Crippen LogP contribution < -0.4 is 47.9 Å². The SMILES string of the molecule is CCc1cc(CC)c(S(=O)(=O)Nc2cc(C(=O)OC)c(O)c(Cl)c2OC)c(CC)c1.CCc1cc(CC)c(S(=O)(=O)Nc2cc(C)c(O)c(Cl)c2C)c(CC)c1.COc1cc(OC)c(S(=O)(=O)Nc2cc(NC(C)=O)c(O)c(Cl)c2C)c(OC)c1.COc1ccc(S(=O)(=O)Nc2cc(Br)c(O)c(Br)c2C)c2c1CCCC2. The minimum Gasteiger partial charge on any atom is -0.506 e. The van der Waals surface area contributed by atoms with Crippen molar-refractivity contribution in [2.45, 2.75) is 160 Å². The third kappa shape index (κ3) is 21.0. The molecule has 0 heterocycles. The summed E-state index contributed by atoms with van der Waals surface area (Å²) < 4.78 is 147. The van der Waals surface area contributed by atoms with Gasteiger partial charge < -0.3 is 54.2 Å². The second-order valence-corrected chi connectivity index (χ2v) is 34.4. The normalized spacial score (nSPS) is 11.9. The highest BCUT2D eigenvalue weighted by Gasteiger charge is 2.33. The van der Waals surface area contributed by atoms with Crippen LogP contribution in [0.3, 0.4) is 0 Å². The van der Waals surface area contributed by atoms with Crippen molar-refractivity contribution in [2.75, 3.05) is 66.9 Å². The van der Waals surface area contributed by atoms with Crippen LogP contribution in [0.4, 0.5) is 28.4 Å². The standard InChI is InChI=1S/C21H26ClNO6S.C20H26ClNO3S.C18H19Br2NO4S.C18H21ClN2O7S/c1-6-12-9-13(7-2)20(14(8-3)10-12)30(26,27)23-16-11-15(21(25)29-5)18(24)17(22)19(16)28-4;1-6-14-10-15(7-2)20(16(8-3)11-14)26(24,25)22-17-9-12(4)19(23)18(21)13(17)5;1-10-14(9-13(19)18(22)17(10)20)21-26(23,24)16-8-7-15(25-2)11-5-3-4-6-12(11)16;1-9-12(8-13(20-10(2)22)17(23)16(9)19)21-29(24,25)18-14(27-4)6-11(26-3)7-15(18)28-5/h9-11,23-24H,6-8H2,1-5H3;9-11,22-23H,6-8H2,1-5H3;7-9,21-22H,3-6H2,1-2H3;6-8,21,23H,1-5H3,(H,20,22). The number of aryl methyl sites for hydroxylation is 7. The number of phenolic OH excluding ortho intramolecular Hbond substituents is 4. The van der Waals surface area contributed by atoms with Crippen LogP contribution in [0.25, 0.3) is 0 Å². The van der Waals surface area contributed by atoms with E-state index in [4.69, 9.17) is 58.5 Å². The number of carbonyl (C=O) groups excluding carboxylic acids is 2. The molecule has 604 valence electrons. The number of hydrogen-bond acceptors (Lipinski definition) is 20.